The van der Waals surface area contributed by atoms with Gasteiger partial charge in [0.25, 0.3) is 0 Å². The molecule has 6 nitrogen and oxygen atoms in total. The number of para-hydroxylation sites is 2. The molecule has 30 heavy (non-hydrogen) atoms. The van der Waals surface area contributed by atoms with E-state index in [1.54, 1.807) is 6.20 Å². The Hall–Kier alpha value is -2.31. The molecule has 0 bridgehead atoms. The molecule has 1 aliphatic carbocycles. The summed E-state index contributed by atoms with van der Waals surface area (Å²) in [5.41, 5.74) is 9.37. The molecular formula is C24H34N6. The van der Waals surface area contributed by atoms with Crippen LogP contribution in [0, 0.1) is 5.41 Å². The van der Waals surface area contributed by atoms with Crippen molar-refractivity contribution >= 4 is 22.8 Å². The van der Waals surface area contributed by atoms with E-state index < -0.39 is 0 Å². The van der Waals surface area contributed by atoms with E-state index in [1.807, 2.05) is 30.5 Å². The summed E-state index contributed by atoms with van der Waals surface area (Å²) in [4.78, 5) is 11.9. The van der Waals surface area contributed by atoms with E-state index in [1.165, 1.54) is 38.3 Å². The van der Waals surface area contributed by atoms with E-state index in [0.29, 0.717) is 11.6 Å². The molecule has 2 fully saturated rings. The van der Waals surface area contributed by atoms with E-state index in [-0.39, 0.29) is 0 Å². The van der Waals surface area contributed by atoms with Crippen molar-refractivity contribution in [2.45, 2.75) is 62.9 Å². The first-order valence-electron chi connectivity index (χ1n) is 11.4. The lowest BCUT2D eigenvalue weighted by Crippen LogP contribution is -2.47. The van der Waals surface area contributed by atoms with Crippen LogP contribution in [-0.2, 0) is 0 Å². The number of hydrogen-bond donors (Lipinski definition) is 3. The third-order valence-corrected chi connectivity index (χ3v) is 6.71. The van der Waals surface area contributed by atoms with Crippen molar-refractivity contribution in [1.29, 1.82) is 5.41 Å². The zero-order valence-corrected chi connectivity index (χ0v) is 17.8. The Morgan fingerprint density at radius 1 is 1.17 bits per heavy atom. The molecule has 160 valence electrons. The van der Waals surface area contributed by atoms with Gasteiger partial charge in [-0.05, 0) is 57.2 Å². The van der Waals surface area contributed by atoms with Gasteiger partial charge in [0.05, 0.1) is 22.9 Å². The number of allylic oxidation sites excluding steroid dienone is 1. The predicted molar refractivity (Wildman–Crippen MR) is 124 cm³/mol. The van der Waals surface area contributed by atoms with Crippen LogP contribution in [0.15, 0.2) is 36.7 Å². The molecule has 6 heteroatoms. The second-order valence-corrected chi connectivity index (χ2v) is 8.74. The summed E-state index contributed by atoms with van der Waals surface area (Å²) in [6.45, 7) is 3.15. The van der Waals surface area contributed by atoms with Gasteiger partial charge in [0.15, 0.2) is 0 Å². The minimum Gasteiger partial charge on any atom is -0.387 e. The Morgan fingerprint density at radius 2 is 1.93 bits per heavy atom. The highest BCUT2D eigenvalue weighted by Gasteiger charge is 2.47. The Bertz CT molecular complexity index is 880. The van der Waals surface area contributed by atoms with Crippen LogP contribution >= 0.6 is 0 Å². The highest BCUT2D eigenvalue weighted by atomic mass is 15.2. The first-order valence-corrected chi connectivity index (χ1v) is 11.4. The number of likely N-dealkylation sites (tertiary alicyclic amines) is 1. The van der Waals surface area contributed by atoms with Crippen LogP contribution in [-0.4, -0.2) is 52.3 Å². The minimum absolute atomic E-state index is 0.456. The molecular weight excluding hydrogens is 372 g/mol. The minimum atomic E-state index is 0.456. The fraction of sp³-hybridized carbons (Fsp3) is 0.542. The Labute approximate surface area is 179 Å². The molecule has 4 rings (SSSR count). The van der Waals surface area contributed by atoms with Crippen molar-refractivity contribution in [3.8, 4) is 0 Å². The maximum atomic E-state index is 7.82. The van der Waals surface area contributed by atoms with E-state index in [4.69, 9.17) is 11.1 Å². The van der Waals surface area contributed by atoms with Crippen LogP contribution in [0.3, 0.4) is 0 Å². The summed E-state index contributed by atoms with van der Waals surface area (Å²) in [5, 5.41) is 11.4. The van der Waals surface area contributed by atoms with Crippen LogP contribution in [0.4, 0.5) is 0 Å². The van der Waals surface area contributed by atoms with Crippen molar-refractivity contribution in [3.63, 3.8) is 0 Å². The monoisotopic (exact) mass is 406 g/mol. The van der Waals surface area contributed by atoms with Crippen LogP contribution in [0.5, 0.6) is 0 Å². The summed E-state index contributed by atoms with van der Waals surface area (Å²) in [5.74, 6) is 0. The summed E-state index contributed by atoms with van der Waals surface area (Å²) < 4.78 is 0. The van der Waals surface area contributed by atoms with Crippen molar-refractivity contribution < 1.29 is 0 Å². The largest absolute Gasteiger partial charge is 0.387 e. The van der Waals surface area contributed by atoms with Gasteiger partial charge in [-0.2, -0.15) is 0 Å². The number of rotatable bonds is 10. The van der Waals surface area contributed by atoms with Crippen molar-refractivity contribution in [2.24, 2.45) is 5.73 Å². The predicted octanol–water partition coefficient (Wildman–Crippen LogP) is 3.73. The first-order chi connectivity index (χ1) is 14.7. The molecule has 0 amide bonds. The normalized spacial score (nSPS) is 19.7. The molecule has 2 aromatic rings. The average molecular weight is 407 g/mol. The number of nitrogens with two attached hydrogens (primary N) is 1. The molecule has 0 unspecified atom stereocenters. The molecule has 0 radical (unpaired) electrons. The number of nitrogens with one attached hydrogen (secondary N) is 2. The van der Waals surface area contributed by atoms with Gasteiger partial charge in [-0.25, -0.2) is 4.98 Å². The summed E-state index contributed by atoms with van der Waals surface area (Å²) in [7, 11) is 0. The molecule has 0 atom stereocenters. The van der Waals surface area contributed by atoms with Gasteiger partial charge in [-0.3, -0.25) is 9.88 Å². The molecule has 1 saturated carbocycles. The zero-order valence-electron chi connectivity index (χ0n) is 17.8. The summed E-state index contributed by atoms with van der Waals surface area (Å²) in [6.07, 6.45) is 15.2. The highest BCUT2D eigenvalue weighted by molar-refractivity contribution is 6.07. The number of aromatic nitrogens is 2. The lowest BCUT2D eigenvalue weighted by Gasteiger charge is -2.38. The van der Waals surface area contributed by atoms with Crippen LogP contribution in [0.2, 0.25) is 0 Å². The standard InChI is InChI=1S/C24H34N6/c25-13-5-1-4-10-24(11-12-24)30-14-8-20(9-15-30)27-17-19(16-26)23-18-28-21-6-2-3-7-22(21)29-23/h2-3,6-7,16-18,20,26-27H,1,4-5,8-15,25H2/b19-17+,26-16?. The number of unbranched alkanes of at least 4 members (excludes halogenated alkanes) is 2. The molecule has 1 aromatic heterocycles. The van der Waals surface area contributed by atoms with Crippen LogP contribution in [0.25, 0.3) is 16.6 Å². The fourth-order valence-electron chi connectivity index (χ4n) is 4.66. The molecule has 4 N–H and O–H groups in total. The number of piperidine rings is 1. The maximum absolute atomic E-state index is 7.82. The highest BCUT2D eigenvalue weighted by Crippen LogP contribution is 2.47. The fourth-order valence-corrected chi connectivity index (χ4v) is 4.66. The lowest BCUT2D eigenvalue weighted by molar-refractivity contribution is 0.121. The average Bonchev–Trinajstić information content (AvgIpc) is 3.58. The topological polar surface area (TPSA) is 90.9 Å². The van der Waals surface area contributed by atoms with Crippen LogP contribution in [0.1, 0.15) is 57.1 Å². The van der Waals surface area contributed by atoms with Crippen molar-refractivity contribution in [1.82, 2.24) is 20.2 Å². The van der Waals surface area contributed by atoms with Gasteiger partial charge in [-0.1, -0.05) is 25.0 Å². The van der Waals surface area contributed by atoms with Crippen LogP contribution < -0.4 is 11.1 Å². The molecule has 1 saturated heterocycles. The van der Waals surface area contributed by atoms with E-state index >= 15 is 0 Å². The number of hydrogen-bond acceptors (Lipinski definition) is 6. The van der Waals surface area contributed by atoms with Gasteiger partial charge < -0.3 is 16.5 Å². The van der Waals surface area contributed by atoms with E-state index in [2.05, 4.69) is 20.2 Å². The SMILES string of the molecule is N=C/C(=C\NC1CCN(C2(CCCCCN)CC2)CC1)c1cnc2ccccc2n1. The first kappa shape index (κ1) is 20.9. The quantitative estimate of drug-likeness (QED) is 0.413. The van der Waals surface area contributed by atoms with Gasteiger partial charge in [0, 0.05) is 42.7 Å². The third kappa shape index (κ3) is 4.87. The van der Waals surface area contributed by atoms with Gasteiger partial charge in [0.1, 0.15) is 0 Å². The van der Waals surface area contributed by atoms with Crippen molar-refractivity contribution in [2.75, 3.05) is 19.6 Å². The molecule has 0 spiro atoms. The number of benzene rings is 1. The Morgan fingerprint density at radius 3 is 2.63 bits per heavy atom. The Kier molecular flexibility index (Phi) is 6.75. The maximum Gasteiger partial charge on any atom is 0.0922 e. The molecule has 1 aliphatic heterocycles. The summed E-state index contributed by atoms with van der Waals surface area (Å²) in [6, 6.07) is 8.30. The van der Waals surface area contributed by atoms with Crippen molar-refractivity contribution in [3.05, 3.63) is 42.4 Å². The van der Waals surface area contributed by atoms with E-state index in [0.717, 1.165) is 61.2 Å². The van der Waals surface area contributed by atoms with Gasteiger partial charge in [-0.15, -0.1) is 0 Å². The second kappa shape index (κ2) is 9.67. The zero-order chi connectivity index (χ0) is 20.8. The summed E-state index contributed by atoms with van der Waals surface area (Å²) >= 11 is 0. The molecule has 1 aromatic carbocycles. The number of nitrogens with zero attached hydrogens (tertiary/aromatic N) is 3. The smallest absolute Gasteiger partial charge is 0.0922 e. The second-order valence-electron chi connectivity index (χ2n) is 8.74. The lowest BCUT2D eigenvalue weighted by atomic mass is 9.98. The molecule has 2 heterocycles. The van der Waals surface area contributed by atoms with E-state index in [9.17, 15) is 0 Å². The Balaban J connectivity index is 1.30. The third-order valence-electron chi connectivity index (χ3n) is 6.71. The molecule has 2 aliphatic rings. The van der Waals surface area contributed by atoms with Gasteiger partial charge >= 0.3 is 0 Å². The number of fused-ring (bicyclic) bond motifs is 1. The van der Waals surface area contributed by atoms with Gasteiger partial charge in [0.2, 0.25) is 0 Å².